The number of rotatable bonds is 4. The van der Waals surface area contributed by atoms with E-state index in [0.717, 1.165) is 0 Å². The maximum atomic E-state index is 11.8. The van der Waals surface area contributed by atoms with Crippen molar-refractivity contribution in [3.8, 4) is 28.6 Å². The Hall–Kier alpha value is -3.81. The van der Waals surface area contributed by atoms with Crippen molar-refractivity contribution in [2.45, 2.75) is 0 Å². The van der Waals surface area contributed by atoms with E-state index in [-0.39, 0.29) is 17.4 Å². The van der Waals surface area contributed by atoms with Gasteiger partial charge < -0.3 is 20.0 Å². The van der Waals surface area contributed by atoms with Crippen molar-refractivity contribution in [1.29, 1.82) is 0 Å². The molecule has 0 saturated heterocycles. The molecule has 0 bridgehead atoms. The summed E-state index contributed by atoms with van der Waals surface area (Å²) < 4.78 is 11.9. The largest absolute Gasteiger partial charge is 0.506 e. The van der Waals surface area contributed by atoms with Crippen LogP contribution in [0.1, 0.15) is 10.6 Å². The molecule has 2 aromatic heterocycles. The number of ether oxygens (including phenoxy) is 1. The van der Waals surface area contributed by atoms with Gasteiger partial charge in [-0.15, -0.1) is 10.2 Å². The second-order valence-corrected chi connectivity index (χ2v) is 5.54. The summed E-state index contributed by atoms with van der Waals surface area (Å²) in [5.74, 6) is 0.144. The first-order valence-electron chi connectivity index (χ1n) is 7.69. The Morgan fingerprint density at radius 1 is 1.15 bits per heavy atom. The number of nitrogens with two attached hydrogens (primary N) is 1. The number of furan rings is 1. The first-order chi connectivity index (χ1) is 12.6. The van der Waals surface area contributed by atoms with Gasteiger partial charge >= 0.3 is 0 Å². The summed E-state index contributed by atoms with van der Waals surface area (Å²) in [5, 5.41) is 19.1. The molecule has 3 N–H and O–H groups in total. The minimum Gasteiger partial charge on any atom is -0.506 e. The number of nitrogens with zero attached hydrogens (tertiary/aromatic N) is 3. The monoisotopic (exact) mass is 350 g/mol. The quantitative estimate of drug-likeness (QED) is 0.584. The van der Waals surface area contributed by atoms with Gasteiger partial charge in [-0.05, 0) is 42.5 Å². The average Bonchev–Trinajstić information content (AvgIpc) is 3.29. The lowest BCUT2D eigenvalue weighted by atomic mass is 10.1. The van der Waals surface area contributed by atoms with Gasteiger partial charge in [-0.3, -0.25) is 9.36 Å². The molecule has 1 amide bonds. The number of aromatic nitrogens is 3. The number of methoxy groups -OCH3 is 1. The number of carbonyl (C=O) groups is 1. The van der Waals surface area contributed by atoms with Crippen molar-refractivity contribution < 1.29 is 19.1 Å². The van der Waals surface area contributed by atoms with Crippen LogP contribution in [0.15, 0.2) is 53.1 Å². The van der Waals surface area contributed by atoms with Crippen molar-refractivity contribution >= 4 is 16.9 Å². The van der Waals surface area contributed by atoms with Crippen LogP contribution in [0.2, 0.25) is 0 Å². The Bertz CT molecular complexity index is 1110. The highest BCUT2D eigenvalue weighted by atomic mass is 16.5. The van der Waals surface area contributed by atoms with Gasteiger partial charge in [0.25, 0.3) is 5.91 Å². The fourth-order valence-electron chi connectivity index (χ4n) is 2.80. The number of fused-ring (bicyclic) bond motifs is 1. The molecule has 0 radical (unpaired) electrons. The van der Waals surface area contributed by atoms with Crippen LogP contribution in [0.25, 0.3) is 28.0 Å². The summed E-state index contributed by atoms with van der Waals surface area (Å²) in [5.41, 5.74) is 6.99. The minimum atomic E-state index is -0.733. The third-order valence-corrected chi connectivity index (χ3v) is 4.06. The Morgan fingerprint density at radius 3 is 2.62 bits per heavy atom. The molecule has 0 fully saturated rings. The average molecular weight is 350 g/mol. The number of benzene rings is 2. The number of primary amides is 1. The van der Waals surface area contributed by atoms with Crippen LogP contribution in [0.4, 0.5) is 0 Å². The minimum absolute atomic E-state index is 0.0190. The normalized spacial score (nSPS) is 11.0. The molecule has 0 saturated carbocycles. The predicted octanol–water partition coefficient (Wildman–Crippen LogP) is 2.49. The summed E-state index contributed by atoms with van der Waals surface area (Å²) in [6, 6.07) is 12.0. The third kappa shape index (κ3) is 2.35. The van der Waals surface area contributed by atoms with Gasteiger partial charge in [-0.2, -0.15) is 0 Å². The molecule has 0 aliphatic heterocycles. The molecule has 2 aromatic carbocycles. The van der Waals surface area contributed by atoms with E-state index in [4.69, 9.17) is 14.9 Å². The molecule has 130 valence electrons. The number of phenolic OH excluding ortho intramolecular Hbond substituents is 1. The molecular weight excluding hydrogens is 336 g/mol. The molecule has 0 unspecified atom stereocenters. The van der Waals surface area contributed by atoms with E-state index in [1.54, 1.807) is 49.6 Å². The first-order valence-corrected chi connectivity index (χ1v) is 7.69. The van der Waals surface area contributed by atoms with Gasteiger partial charge in [0.1, 0.15) is 17.1 Å². The van der Waals surface area contributed by atoms with E-state index in [2.05, 4.69) is 10.2 Å². The zero-order valence-corrected chi connectivity index (χ0v) is 13.7. The molecule has 0 spiro atoms. The standard InChI is InChI=1S/C18H14N4O4/c1-25-11-4-2-10(3-5-11)22-17(20-21-18(22)16(19)24)13-6-7-14-12(15(13)23)8-9-26-14/h2-9,23H,1H3,(H2,19,24). The molecule has 0 aliphatic carbocycles. The molecule has 8 heteroatoms. The lowest BCUT2D eigenvalue weighted by molar-refractivity contribution is 0.0988. The van der Waals surface area contributed by atoms with Gasteiger partial charge in [0, 0.05) is 5.69 Å². The van der Waals surface area contributed by atoms with Crippen LogP contribution in [-0.2, 0) is 0 Å². The van der Waals surface area contributed by atoms with Crippen molar-refractivity contribution in [1.82, 2.24) is 14.8 Å². The summed E-state index contributed by atoms with van der Waals surface area (Å²) in [6.07, 6.45) is 1.48. The van der Waals surface area contributed by atoms with E-state index < -0.39 is 5.91 Å². The molecule has 0 aliphatic rings. The second kappa shape index (κ2) is 5.92. The number of phenols is 1. The van der Waals surface area contributed by atoms with Crippen LogP contribution >= 0.6 is 0 Å². The van der Waals surface area contributed by atoms with Gasteiger partial charge in [0.15, 0.2) is 5.82 Å². The Balaban J connectivity index is 1.96. The first kappa shape index (κ1) is 15.7. The molecule has 8 nitrogen and oxygen atoms in total. The van der Waals surface area contributed by atoms with Crippen LogP contribution in [0, 0.1) is 0 Å². The van der Waals surface area contributed by atoms with Gasteiger partial charge in [-0.25, -0.2) is 0 Å². The molecule has 4 aromatic rings. The highest BCUT2D eigenvalue weighted by Gasteiger charge is 2.22. The number of amides is 1. The summed E-state index contributed by atoms with van der Waals surface area (Å²) in [6.45, 7) is 0. The van der Waals surface area contributed by atoms with E-state index in [9.17, 15) is 9.90 Å². The predicted molar refractivity (Wildman–Crippen MR) is 93.3 cm³/mol. The third-order valence-electron chi connectivity index (χ3n) is 4.06. The van der Waals surface area contributed by atoms with Gasteiger partial charge in [0.2, 0.25) is 5.82 Å². The van der Waals surface area contributed by atoms with Gasteiger partial charge in [0.05, 0.1) is 24.3 Å². The lowest BCUT2D eigenvalue weighted by Crippen LogP contribution is -2.17. The summed E-state index contributed by atoms with van der Waals surface area (Å²) in [4.78, 5) is 11.8. The fourth-order valence-corrected chi connectivity index (χ4v) is 2.80. The van der Waals surface area contributed by atoms with Crippen molar-refractivity contribution in [2.75, 3.05) is 7.11 Å². The fraction of sp³-hybridized carbons (Fsp3) is 0.0556. The van der Waals surface area contributed by atoms with Crippen LogP contribution in [0.3, 0.4) is 0 Å². The van der Waals surface area contributed by atoms with E-state index in [1.807, 2.05) is 0 Å². The highest BCUT2D eigenvalue weighted by molar-refractivity contribution is 5.93. The lowest BCUT2D eigenvalue weighted by Gasteiger charge is -2.11. The SMILES string of the molecule is COc1ccc(-n2c(C(N)=O)nnc2-c2ccc3occc3c2O)cc1. The number of carbonyl (C=O) groups excluding carboxylic acids is 1. The van der Waals surface area contributed by atoms with E-state index >= 15 is 0 Å². The van der Waals surface area contributed by atoms with Crippen LogP contribution < -0.4 is 10.5 Å². The Morgan fingerprint density at radius 2 is 1.92 bits per heavy atom. The summed E-state index contributed by atoms with van der Waals surface area (Å²) >= 11 is 0. The van der Waals surface area contributed by atoms with E-state index in [1.165, 1.54) is 10.8 Å². The molecule has 4 rings (SSSR count). The van der Waals surface area contributed by atoms with Crippen LogP contribution in [0.5, 0.6) is 11.5 Å². The number of aromatic hydroxyl groups is 1. The molecule has 0 atom stereocenters. The highest BCUT2D eigenvalue weighted by Crippen LogP contribution is 2.36. The van der Waals surface area contributed by atoms with Crippen molar-refractivity contribution in [3.05, 3.63) is 54.6 Å². The zero-order valence-electron chi connectivity index (χ0n) is 13.7. The molecule has 2 heterocycles. The van der Waals surface area contributed by atoms with Crippen molar-refractivity contribution in [3.63, 3.8) is 0 Å². The van der Waals surface area contributed by atoms with Gasteiger partial charge in [-0.1, -0.05) is 0 Å². The van der Waals surface area contributed by atoms with Crippen molar-refractivity contribution in [2.24, 2.45) is 5.73 Å². The maximum absolute atomic E-state index is 11.8. The topological polar surface area (TPSA) is 116 Å². The van der Waals surface area contributed by atoms with E-state index in [0.29, 0.717) is 28.0 Å². The second-order valence-electron chi connectivity index (χ2n) is 5.54. The molecule has 26 heavy (non-hydrogen) atoms. The maximum Gasteiger partial charge on any atom is 0.287 e. The molecular formula is C18H14N4O4. The summed E-state index contributed by atoms with van der Waals surface area (Å²) in [7, 11) is 1.56. The Labute approximate surface area is 147 Å². The smallest absolute Gasteiger partial charge is 0.287 e. The Kier molecular flexibility index (Phi) is 3.58. The number of hydrogen-bond donors (Lipinski definition) is 2. The zero-order chi connectivity index (χ0) is 18.3. The van der Waals surface area contributed by atoms with Crippen LogP contribution in [-0.4, -0.2) is 32.9 Å². The number of hydrogen-bond acceptors (Lipinski definition) is 6.